The molecule has 0 bridgehead atoms. The largest absolute Gasteiger partial charge is 0.461 e. The van der Waals surface area contributed by atoms with Crippen LogP contribution in [0.1, 0.15) is 102 Å². The van der Waals surface area contributed by atoms with Crippen LogP contribution in [0.3, 0.4) is 0 Å². The second kappa shape index (κ2) is 12.4. The van der Waals surface area contributed by atoms with Gasteiger partial charge in [-0.25, -0.2) is 0 Å². The summed E-state index contributed by atoms with van der Waals surface area (Å²) >= 11 is 0. The van der Waals surface area contributed by atoms with Gasteiger partial charge in [-0.05, 0) is 54.9 Å². The van der Waals surface area contributed by atoms with E-state index in [9.17, 15) is 4.79 Å². The molecule has 2 heteroatoms. The first-order valence-electron chi connectivity index (χ1n) is 12.5. The Bertz CT molecular complexity index is 581. The summed E-state index contributed by atoms with van der Waals surface area (Å²) in [5.74, 6) is 4.28. The van der Waals surface area contributed by atoms with E-state index in [1.165, 1.54) is 57.8 Å². The molecule has 0 saturated heterocycles. The van der Waals surface area contributed by atoms with E-state index < -0.39 is 0 Å². The van der Waals surface area contributed by atoms with Crippen LogP contribution >= 0.6 is 0 Å². The summed E-state index contributed by atoms with van der Waals surface area (Å²) in [7, 11) is 0. The summed E-state index contributed by atoms with van der Waals surface area (Å²) in [5.41, 5.74) is 1.06. The van der Waals surface area contributed by atoms with Gasteiger partial charge in [0.25, 0.3) is 0 Å². The number of benzene rings is 1. The molecule has 4 unspecified atom stereocenters. The van der Waals surface area contributed by atoms with Gasteiger partial charge in [0, 0.05) is 6.42 Å². The maximum absolute atomic E-state index is 11.8. The van der Waals surface area contributed by atoms with E-state index >= 15 is 0 Å². The minimum Gasteiger partial charge on any atom is -0.461 e. The number of unbranched alkanes of at least 4 members (excludes halogenated alkanes) is 6. The number of hydrogen-bond donors (Lipinski definition) is 0. The highest BCUT2D eigenvalue weighted by molar-refractivity contribution is 5.69. The molecule has 29 heavy (non-hydrogen) atoms. The van der Waals surface area contributed by atoms with Crippen LogP contribution in [-0.4, -0.2) is 5.97 Å². The van der Waals surface area contributed by atoms with Crippen molar-refractivity contribution in [2.45, 2.75) is 103 Å². The monoisotopic (exact) mass is 398 g/mol. The smallest absolute Gasteiger partial charge is 0.306 e. The zero-order chi connectivity index (χ0) is 20.3. The highest BCUT2D eigenvalue weighted by Crippen LogP contribution is 2.54. The Morgan fingerprint density at radius 1 is 0.828 bits per heavy atom. The van der Waals surface area contributed by atoms with Crippen LogP contribution in [0, 0.1) is 23.7 Å². The lowest BCUT2D eigenvalue weighted by atomic mass is 10.0. The predicted molar refractivity (Wildman–Crippen MR) is 121 cm³/mol. The molecule has 2 aliphatic rings. The summed E-state index contributed by atoms with van der Waals surface area (Å²) < 4.78 is 5.34. The zero-order valence-electron chi connectivity index (χ0n) is 18.6. The molecule has 2 nitrogen and oxygen atoms in total. The van der Waals surface area contributed by atoms with Crippen LogP contribution in [0.5, 0.6) is 0 Å². The molecule has 1 aromatic carbocycles. The summed E-state index contributed by atoms with van der Waals surface area (Å²) in [4.78, 5) is 11.8. The van der Waals surface area contributed by atoms with Crippen molar-refractivity contribution in [2.75, 3.05) is 0 Å². The topological polar surface area (TPSA) is 26.3 Å². The van der Waals surface area contributed by atoms with Gasteiger partial charge in [-0.1, -0.05) is 95.0 Å². The molecule has 2 saturated carbocycles. The second-order valence-electron chi connectivity index (χ2n) is 9.70. The van der Waals surface area contributed by atoms with Crippen molar-refractivity contribution in [3.05, 3.63) is 35.9 Å². The van der Waals surface area contributed by atoms with Crippen LogP contribution in [0.2, 0.25) is 0 Å². The molecular formula is C27H42O2. The summed E-state index contributed by atoms with van der Waals surface area (Å²) in [6.45, 7) is 2.71. The molecular weight excluding hydrogens is 356 g/mol. The van der Waals surface area contributed by atoms with Gasteiger partial charge >= 0.3 is 5.97 Å². The zero-order valence-corrected chi connectivity index (χ0v) is 18.6. The maximum atomic E-state index is 11.8. The van der Waals surface area contributed by atoms with E-state index in [1.807, 2.05) is 30.3 Å². The Balaban J connectivity index is 1.09. The second-order valence-corrected chi connectivity index (χ2v) is 9.70. The maximum Gasteiger partial charge on any atom is 0.306 e. The molecule has 0 radical (unpaired) electrons. The third kappa shape index (κ3) is 8.93. The number of hydrogen-bond acceptors (Lipinski definition) is 2. The highest BCUT2D eigenvalue weighted by Gasteiger charge is 2.44. The lowest BCUT2D eigenvalue weighted by molar-refractivity contribution is -0.145. The van der Waals surface area contributed by atoms with E-state index in [1.54, 1.807) is 12.8 Å². The molecule has 162 valence electrons. The van der Waals surface area contributed by atoms with Gasteiger partial charge in [0.1, 0.15) is 6.61 Å². The van der Waals surface area contributed by atoms with Gasteiger partial charge in [-0.15, -0.1) is 0 Å². The molecule has 3 rings (SSSR count). The van der Waals surface area contributed by atoms with Crippen molar-refractivity contribution in [3.63, 3.8) is 0 Å². The fraction of sp³-hybridized carbons (Fsp3) is 0.741. The third-order valence-corrected chi connectivity index (χ3v) is 7.12. The van der Waals surface area contributed by atoms with Crippen LogP contribution < -0.4 is 0 Å². The van der Waals surface area contributed by atoms with Gasteiger partial charge in [0.15, 0.2) is 0 Å². The van der Waals surface area contributed by atoms with E-state index in [0.717, 1.165) is 42.1 Å². The third-order valence-electron chi connectivity index (χ3n) is 7.12. The van der Waals surface area contributed by atoms with Crippen molar-refractivity contribution >= 4 is 5.97 Å². The number of esters is 1. The molecule has 0 amide bonds. The Labute approximate surface area is 178 Å². The van der Waals surface area contributed by atoms with Gasteiger partial charge < -0.3 is 4.74 Å². The first-order chi connectivity index (χ1) is 14.3. The van der Waals surface area contributed by atoms with Gasteiger partial charge in [-0.3, -0.25) is 4.79 Å². The van der Waals surface area contributed by atoms with Crippen molar-refractivity contribution < 1.29 is 9.53 Å². The van der Waals surface area contributed by atoms with Crippen molar-refractivity contribution in [3.8, 4) is 0 Å². The van der Waals surface area contributed by atoms with E-state index in [4.69, 9.17) is 4.74 Å². The van der Waals surface area contributed by atoms with E-state index in [2.05, 4.69) is 6.92 Å². The van der Waals surface area contributed by atoms with Crippen molar-refractivity contribution in [2.24, 2.45) is 23.7 Å². The first-order valence-corrected chi connectivity index (χ1v) is 12.5. The average Bonchev–Trinajstić information content (AvgIpc) is 3.66. The van der Waals surface area contributed by atoms with Crippen LogP contribution in [0.15, 0.2) is 30.3 Å². The Morgan fingerprint density at radius 3 is 2.14 bits per heavy atom. The number of carbonyl (C=O) groups is 1. The lowest BCUT2D eigenvalue weighted by Crippen LogP contribution is -2.04. The summed E-state index contributed by atoms with van der Waals surface area (Å²) in [6, 6.07) is 9.92. The molecule has 0 N–H and O–H groups in total. The number of ether oxygens (including phenoxy) is 1. The van der Waals surface area contributed by atoms with Crippen LogP contribution in [-0.2, 0) is 16.1 Å². The van der Waals surface area contributed by atoms with Gasteiger partial charge in [-0.2, -0.15) is 0 Å². The highest BCUT2D eigenvalue weighted by atomic mass is 16.5. The molecule has 2 aliphatic carbocycles. The molecule has 1 aromatic rings. The first kappa shape index (κ1) is 22.4. The molecule has 0 heterocycles. The summed E-state index contributed by atoms with van der Waals surface area (Å²) in [6.07, 6.45) is 18.5. The Kier molecular flexibility index (Phi) is 9.57. The fourth-order valence-corrected chi connectivity index (χ4v) is 4.97. The molecule has 0 spiro atoms. The van der Waals surface area contributed by atoms with Crippen molar-refractivity contribution in [1.29, 1.82) is 0 Å². The molecule has 0 aliphatic heterocycles. The molecule has 0 aromatic heterocycles. The predicted octanol–water partition coefficient (Wildman–Crippen LogP) is 7.70. The molecule has 4 atom stereocenters. The minimum absolute atomic E-state index is 0.0530. The Morgan fingerprint density at radius 2 is 1.45 bits per heavy atom. The van der Waals surface area contributed by atoms with Crippen LogP contribution in [0.25, 0.3) is 0 Å². The quantitative estimate of drug-likeness (QED) is 0.210. The summed E-state index contributed by atoms with van der Waals surface area (Å²) in [5, 5.41) is 0. The van der Waals surface area contributed by atoms with Gasteiger partial charge in [0.2, 0.25) is 0 Å². The van der Waals surface area contributed by atoms with E-state index in [0.29, 0.717) is 13.0 Å². The fourth-order valence-electron chi connectivity index (χ4n) is 4.97. The van der Waals surface area contributed by atoms with Gasteiger partial charge in [0.05, 0.1) is 0 Å². The van der Waals surface area contributed by atoms with Crippen LogP contribution in [0.4, 0.5) is 0 Å². The average molecular weight is 399 g/mol. The SMILES string of the molecule is CCCCCC1CC1CC1CC1CCCCCCCC(=O)OCc1ccccc1. The number of carbonyl (C=O) groups excluding carboxylic acids is 1. The minimum atomic E-state index is -0.0530. The lowest BCUT2D eigenvalue weighted by Gasteiger charge is -2.05. The standard InChI is InChI=1S/C27H42O2/c1-2-3-8-15-23-18-25(23)20-26-19-24(26)16-11-5-4-6-12-17-27(28)29-21-22-13-9-7-10-14-22/h7,9-10,13-14,23-26H,2-6,8,11-12,15-21H2,1H3. The number of rotatable bonds is 16. The van der Waals surface area contributed by atoms with Crippen molar-refractivity contribution in [1.82, 2.24) is 0 Å². The normalized spacial score (nSPS) is 25.0. The molecule has 2 fully saturated rings. The van der Waals surface area contributed by atoms with E-state index in [-0.39, 0.29) is 5.97 Å². The Hall–Kier alpha value is -1.31.